The van der Waals surface area contributed by atoms with Gasteiger partial charge in [-0.3, -0.25) is 4.79 Å². The number of carbonyl (C=O) groups is 2. The summed E-state index contributed by atoms with van der Waals surface area (Å²) >= 11 is 0. The molecule has 0 aliphatic rings. The molecule has 1 aromatic heterocycles. The van der Waals surface area contributed by atoms with Crippen molar-refractivity contribution in [3.8, 4) is 5.88 Å². The van der Waals surface area contributed by atoms with Gasteiger partial charge in [-0.25, -0.2) is 4.79 Å². The number of aromatic nitrogens is 1. The Morgan fingerprint density at radius 2 is 2.00 bits per heavy atom. The number of allylic oxidation sites excluding steroid dienone is 1. The van der Waals surface area contributed by atoms with Crippen LogP contribution in [0.3, 0.4) is 0 Å². The van der Waals surface area contributed by atoms with Crippen LogP contribution in [-0.4, -0.2) is 29.1 Å². The zero-order chi connectivity index (χ0) is 17.6. The van der Waals surface area contributed by atoms with Gasteiger partial charge in [-0.15, -0.1) is 0 Å². The molecular weight excluding hydrogens is 296 g/mol. The fourth-order valence-corrected chi connectivity index (χ4v) is 1.91. The first-order valence-corrected chi connectivity index (χ1v) is 7.49. The van der Waals surface area contributed by atoms with Crippen molar-refractivity contribution in [3.63, 3.8) is 0 Å². The van der Waals surface area contributed by atoms with E-state index in [2.05, 4.69) is 10.3 Å². The van der Waals surface area contributed by atoms with Crippen LogP contribution in [0.5, 0.6) is 5.88 Å². The van der Waals surface area contributed by atoms with Gasteiger partial charge in [0.15, 0.2) is 0 Å². The van der Waals surface area contributed by atoms with Crippen LogP contribution < -0.4 is 10.1 Å². The monoisotopic (exact) mass is 320 g/mol. The quantitative estimate of drug-likeness (QED) is 0.785. The fraction of sp³-hybridized carbons (Fsp3) is 0.471. The van der Waals surface area contributed by atoms with Crippen molar-refractivity contribution in [2.45, 2.75) is 40.5 Å². The molecule has 1 amide bonds. The lowest BCUT2D eigenvalue weighted by Crippen LogP contribution is -2.28. The van der Waals surface area contributed by atoms with Gasteiger partial charge < -0.3 is 15.2 Å². The van der Waals surface area contributed by atoms with Crippen LogP contribution in [0.25, 0.3) is 5.57 Å². The molecule has 1 heterocycles. The molecule has 0 bridgehead atoms. The van der Waals surface area contributed by atoms with Crippen molar-refractivity contribution in [3.05, 3.63) is 23.8 Å². The third-order valence-corrected chi connectivity index (χ3v) is 3.15. The number of anilines is 1. The highest BCUT2D eigenvalue weighted by Crippen LogP contribution is 2.29. The van der Waals surface area contributed by atoms with E-state index < -0.39 is 11.4 Å². The van der Waals surface area contributed by atoms with Gasteiger partial charge in [0, 0.05) is 23.1 Å². The molecule has 1 aromatic rings. The van der Waals surface area contributed by atoms with Crippen molar-refractivity contribution in [1.29, 1.82) is 0 Å². The lowest BCUT2D eigenvalue weighted by atomic mass is 9.95. The van der Waals surface area contributed by atoms with Gasteiger partial charge in [0.05, 0.1) is 7.11 Å². The van der Waals surface area contributed by atoms with E-state index in [4.69, 9.17) is 9.84 Å². The molecule has 2 N–H and O–H groups in total. The molecule has 1 rings (SSSR count). The topological polar surface area (TPSA) is 88.5 Å². The molecule has 6 heteroatoms. The van der Waals surface area contributed by atoms with Gasteiger partial charge in [-0.05, 0) is 18.1 Å². The summed E-state index contributed by atoms with van der Waals surface area (Å²) in [6.07, 6.45) is 2.50. The van der Waals surface area contributed by atoms with E-state index in [1.54, 1.807) is 32.9 Å². The Kier molecular flexibility index (Phi) is 6.30. The van der Waals surface area contributed by atoms with Crippen LogP contribution in [-0.2, 0) is 9.59 Å². The van der Waals surface area contributed by atoms with Gasteiger partial charge in [0.25, 0.3) is 0 Å². The Balaban J connectivity index is 3.35. The van der Waals surface area contributed by atoms with Crippen LogP contribution in [0.2, 0.25) is 0 Å². The maximum atomic E-state index is 12.3. The Morgan fingerprint density at radius 1 is 1.35 bits per heavy atom. The van der Waals surface area contributed by atoms with Crippen LogP contribution in [0.4, 0.5) is 5.82 Å². The Labute approximate surface area is 136 Å². The predicted molar refractivity (Wildman–Crippen MR) is 89.4 cm³/mol. The van der Waals surface area contributed by atoms with Crippen LogP contribution in [0, 0.1) is 5.41 Å². The van der Waals surface area contributed by atoms with Crippen molar-refractivity contribution in [2.75, 3.05) is 12.4 Å². The third kappa shape index (κ3) is 5.39. The van der Waals surface area contributed by atoms with Crippen molar-refractivity contribution < 1.29 is 19.4 Å². The number of nitrogens with zero attached hydrogens (tertiary/aromatic N) is 1. The Hall–Kier alpha value is -2.37. The second kappa shape index (κ2) is 7.76. The van der Waals surface area contributed by atoms with E-state index in [9.17, 15) is 9.59 Å². The lowest BCUT2D eigenvalue weighted by Gasteiger charge is -2.20. The highest BCUT2D eigenvalue weighted by molar-refractivity contribution is 5.98. The average Bonchev–Trinajstić information content (AvgIpc) is 2.45. The fourth-order valence-electron chi connectivity index (χ4n) is 1.91. The molecule has 0 saturated heterocycles. The summed E-state index contributed by atoms with van der Waals surface area (Å²) in [6.45, 7) is 7.34. The number of carboxylic acids is 1. The molecule has 0 saturated carbocycles. The molecule has 0 fully saturated rings. The zero-order valence-electron chi connectivity index (χ0n) is 14.3. The number of nitrogens with one attached hydrogen (secondary N) is 1. The highest BCUT2D eigenvalue weighted by atomic mass is 16.5. The minimum absolute atomic E-state index is 0.203. The number of ether oxygens (including phenoxy) is 1. The van der Waals surface area contributed by atoms with E-state index in [0.717, 1.165) is 12.5 Å². The summed E-state index contributed by atoms with van der Waals surface area (Å²) in [5.41, 5.74) is 0.607. The normalized spacial score (nSPS) is 12.0. The van der Waals surface area contributed by atoms with Gasteiger partial charge in [0.1, 0.15) is 5.82 Å². The molecule has 0 atom stereocenters. The number of rotatable bonds is 6. The second-order valence-electron chi connectivity index (χ2n) is 6.21. The number of pyridine rings is 1. The maximum absolute atomic E-state index is 12.3. The van der Waals surface area contributed by atoms with E-state index in [1.165, 1.54) is 7.11 Å². The first-order valence-electron chi connectivity index (χ1n) is 7.49. The first-order chi connectivity index (χ1) is 10.7. The van der Waals surface area contributed by atoms with Crippen molar-refractivity contribution >= 4 is 23.3 Å². The molecule has 0 aliphatic carbocycles. The number of carboxylic acid groups (broad SMARTS) is 1. The maximum Gasteiger partial charge on any atom is 0.328 e. The summed E-state index contributed by atoms with van der Waals surface area (Å²) < 4.78 is 5.10. The molecule has 126 valence electrons. The van der Waals surface area contributed by atoms with Crippen molar-refractivity contribution in [2.24, 2.45) is 5.41 Å². The minimum atomic E-state index is -1.03. The summed E-state index contributed by atoms with van der Waals surface area (Å²) in [5.74, 6) is -0.572. The molecule has 0 spiro atoms. The number of carbonyl (C=O) groups excluding carboxylic acids is 1. The molecular formula is C17H24N2O4. The van der Waals surface area contributed by atoms with Crippen LogP contribution in [0.1, 0.15) is 46.1 Å². The standard InChI is InChI=1S/C17H24N2O4/c1-6-7-11(10-14(20)21)12-8-9-13(23-5)18-15(12)19-16(22)17(2,3)4/h8-10H,6-7H2,1-5H3,(H,20,21)(H,18,19,22)/b11-10-. The molecule has 0 unspecified atom stereocenters. The zero-order valence-corrected chi connectivity index (χ0v) is 14.3. The van der Waals surface area contributed by atoms with Gasteiger partial charge in [-0.1, -0.05) is 34.1 Å². The molecule has 23 heavy (non-hydrogen) atoms. The minimum Gasteiger partial charge on any atom is -0.481 e. The molecule has 0 aliphatic heterocycles. The van der Waals surface area contributed by atoms with E-state index in [-0.39, 0.29) is 5.91 Å². The first kappa shape index (κ1) is 18.7. The third-order valence-electron chi connectivity index (χ3n) is 3.15. The smallest absolute Gasteiger partial charge is 0.328 e. The highest BCUT2D eigenvalue weighted by Gasteiger charge is 2.23. The Morgan fingerprint density at radius 3 is 2.48 bits per heavy atom. The lowest BCUT2D eigenvalue weighted by molar-refractivity contribution is -0.131. The second-order valence-corrected chi connectivity index (χ2v) is 6.21. The number of amides is 1. The summed E-state index contributed by atoms with van der Waals surface area (Å²) in [6, 6.07) is 3.36. The molecule has 6 nitrogen and oxygen atoms in total. The van der Waals surface area contributed by atoms with Gasteiger partial charge in [0.2, 0.25) is 11.8 Å². The number of hydrogen-bond acceptors (Lipinski definition) is 4. The number of methoxy groups -OCH3 is 1. The van der Waals surface area contributed by atoms with Gasteiger partial charge >= 0.3 is 5.97 Å². The summed E-state index contributed by atoms with van der Waals surface area (Å²) in [4.78, 5) is 27.6. The van der Waals surface area contributed by atoms with Gasteiger partial charge in [-0.2, -0.15) is 4.98 Å². The molecule has 0 aromatic carbocycles. The van der Waals surface area contributed by atoms with E-state index in [0.29, 0.717) is 29.3 Å². The number of hydrogen-bond donors (Lipinski definition) is 2. The van der Waals surface area contributed by atoms with E-state index >= 15 is 0 Å². The summed E-state index contributed by atoms with van der Waals surface area (Å²) in [7, 11) is 1.48. The van der Waals surface area contributed by atoms with Crippen LogP contribution >= 0.6 is 0 Å². The summed E-state index contributed by atoms with van der Waals surface area (Å²) in [5, 5.41) is 11.8. The predicted octanol–water partition coefficient (Wildman–Crippen LogP) is 3.34. The Bertz CT molecular complexity index is 616. The largest absolute Gasteiger partial charge is 0.481 e. The SMILES string of the molecule is CCC/C(=C/C(=O)O)c1ccc(OC)nc1NC(=O)C(C)(C)C. The van der Waals surface area contributed by atoms with E-state index in [1.807, 2.05) is 6.92 Å². The average molecular weight is 320 g/mol. The van der Waals surface area contributed by atoms with Crippen LogP contribution in [0.15, 0.2) is 18.2 Å². The van der Waals surface area contributed by atoms with Crippen molar-refractivity contribution in [1.82, 2.24) is 4.98 Å². The number of aliphatic carboxylic acids is 1. The molecule has 0 radical (unpaired) electrons.